The zero-order valence-corrected chi connectivity index (χ0v) is 20.1. The summed E-state index contributed by atoms with van der Waals surface area (Å²) in [6, 6.07) is 9.70. The zero-order chi connectivity index (χ0) is 24.8. The van der Waals surface area contributed by atoms with Gasteiger partial charge in [-0.25, -0.2) is 9.59 Å². The van der Waals surface area contributed by atoms with Crippen molar-refractivity contribution in [2.24, 2.45) is 0 Å². The Hall–Kier alpha value is -3.99. The first kappa shape index (κ1) is 24.1. The van der Waals surface area contributed by atoms with Crippen LogP contribution in [0.4, 0.5) is 4.79 Å². The van der Waals surface area contributed by atoms with E-state index in [-0.39, 0.29) is 17.9 Å². The molecule has 3 heterocycles. The second-order valence-corrected chi connectivity index (χ2v) is 8.30. The van der Waals surface area contributed by atoms with Gasteiger partial charge in [0.15, 0.2) is 11.0 Å². The van der Waals surface area contributed by atoms with Gasteiger partial charge in [-0.1, -0.05) is 30.0 Å². The lowest BCUT2D eigenvalue weighted by atomic mass is 10.0. The van der Waals surface area contributed by atoms with E-state index in [0.29, 0.717) is 34.7 Å². The summed E-state index contributed by atoms with van der Waals surface area (Å²) in [6.45, 7) is 6.21. The van der Waals surface area contributed by atoms with Gasteiger partial charge in [0.05, 0.1) is 31.1 Å². The average Bonchev–Trinajstić information content (AvgIpc) is 3.53. The largest absolute Gasteiger partial charge is 0.496 e. The van der Waals surface area contributed by atoms with E-state index in [0.717, 1.165) is 5.56 Å². The van der Waals surface area contributed by atoms with Crippen LogP contribution in [0.15, 0.2) is 76.2 Å². The summed E-state index contributed by atoms with van der Waals surface area (Å²) in [6.07, 6.45) is 3.23. The van der Waals surface area contributed by atoms with Gasteiger partial charge in [-0.2, -0.15) is 0 Å². The van der Waals surface area contributed by atoms with Crippen molar-refractivity contribution in [1.29, 1.82) is 0 Å². The normalized spacial score (nSPS) is 15.4. The molecule has 0 radical (unpaired) electrons. The number of benzene rings is 1. The maximum absolute atomic E-state index is 12.9. The summed E-state index contributed by atoms with van der Waals surface area (Å²) in [5.41, 5.74) is 1.47. The fourth-order valence-corrected chi connectivity index (χ4v) is 4.62. The predicted molar refractivity (Wildman–Crippen MR) is 130 cm³/mol. The standard InChI is InChI=1S/C24H25N5O5S/c1-4-12-29-21(15-9-6-7-10-17(15)32-3)27-28-24(29)35-14-16-19(22(30)33-5-2)20(26-23(31)25-16)18-11-8-13-34-18/h4,6-11,13,20H,1,5,12,14H2,2-3H3,(H2,25,26,31). The number of furan rings is 1. The minimum Gasteiger partial charge on any atom is -0.496 e. The molecule has 0 aliphatic carbocycles. The van der Waals surface area contributed by atoms with E-state index in [2.05, 4.69) is 27.4 Å². The molecule has 11 heteroatoms. The molecule has 35 heavy (non-hydrogen) atoms. The molecule has 1 aliphatic rings. The highest BCUT2D eigenvalue weighted by Crippen LogP contribution is 2.33. The number of allylic oxidation sites excluding steroid dienone is 1. The van der Waals surface area contributed by atoms with Crippen molar-refractivity contribution in [2.75, 3.05) is 19.5 Å². The highest BCUT2D eigenvalue weighted by Gasteiger charge is 2.35. The molecule has 4 rings (SSSR count). The highest BCUT2D eigenvalue weighted by atomic mass is 32.2. The molecule has 0 saturated carbocycles. The number of esters is 1. The number of hydrogen-bond acceptors (Lipinski definition) is 8. The number of nitrogens with zero attached hydrogens (tertiary/aromatic N) is 3. The van der Waals surface area contributed by atoms with Crippen LogP contribution >= 0.6 is 11.8 Å². The first-order valence-electron chi connectivity index (χ1n) is 10.9. The van der Waals surface area contributed by atoms with Crippen LogP contribution in [0.25, 0.3) is 11.4 Å². The number of thioether (sulfide) groups is 1. The molecule has 3 aromatic rings. The Kier molecular flexibility index (Phi) is 7.56. The Morgan fingerprint density at radius 1 is 1.29 bits per heavy atom. The number of carbonyl (C=O) groups is 2. The Bertz CT molecular complexity index is 1250. The number of urea groups is 1. The van der Waals surface area contributed by atoms with Crippen LogP contribution in [0.5, 0.6) is 5.75 Å². The number of carbonyl (C=O) groups excluding carboxylic acids is 2. The minimum absolute atomic E-state index is 0.192. The molecule has 2 amide bonds. The molecular formula is C24H25N5O5S. The lowest BCUT2D eigenvalue weighted by molar-refractivity contribution is -0.139. The van der Waals surface area contributed by atoms with Gasteiger partial charge in [-0.15, -0.1) is 16.8 Å². The van der Waals surface area contributed by atoms with Gasteiger partial charge in [0.2, 0.25) is 0 Å². The van der Waals surface area contributed by atoms with Crippen LogP contribution < -0.4 is 15.4 Å². The fourth-order valence-electron chi connectivity index (χ4n) is 3.71. The molecule has 10 nitrogen and oxygen atoms in total. The predicted octanol–water partition coefficient (Wildman–Crippen LogP) is 3.70. The van der Waals surface area contributed by atoms with E-state index in [1.54, 1.807) is 32.2 Å². The average molecular weight is 496 g/mol. The molecular weight excluding hydrogens is 470 g/mol. The van der Waals surface area contributed by atoms with Crippen LogP contribution in [-0.2, 0) is 16.1 Å². The quantitative estimate of drug-likeness (QED) is 0.248. The summed E-state index contributed by atoms with van der Waals surface area (Å²) < 4.78 is 18.1. The molecule has 0 saturated heterocycles. The van der Waals surface area contributed by atoms with Gasteiger partial charge < -0.3 is 24.5 Å². The van der Waals surface area contributed by atoms with E-state index >= 15 is 0 Å². The lowest BCUT2D eigenvalue weighted by Crippen LogP contribution is -2.46. The van der Waals surface area contributed by atoms with Gasteiger partial charge in [-0.05, 0) is 31.2 Å². The van der Waals surface area contributed by atoms with Crippen molar-refractivity contribution in [3.63, 3.8) is 0 Å². The van der Waals surface area contributed by atoms with E-state index in [9.17, 15) is 9.59 Å². The molecule has 0 bridgehead atoms. The number of ether oxygens (including phenoxy) is 2. The Morgan fingerprint density at radius 2 is 2.11 bits per heavy atom. The van der Waals surface area contributed by atoms with Gasteiger partial charge in [-0.3, -0.25) is 4.57 Å². The summed E-state index contributed by atoms with van der Waals surface area (Å²) in [5, 5.41) is 14.8. The van der Waals surface area contributed by atoms with Crippen LogP contribution in [0.2, 0.25) is 0 Å². The summed E-state index contributed by atoms with van der Waals surface area (Å²) in [5.74, 6) is 1.41. The van der Waals surface area contributed by atoms with Crippen molar-refractivity contribution in [1.82, 2.24) is 25.4 Å². The zero-order valence-electron chi connectivity index (χ0n) is 19.3. The van der Waals surface area contributed by atoms with Crippen LogP contribution in [0, 0.1) is 0 Å². The number of nitrogens with one attached hydrogen (secondary N) is 2. The Labute approximate surface area is 206 Å². The van der Waals surface area contributed by atoms with E-state index in [1.165, 1.54) is 18.0 Å². The van der Waals surface area contributed by atoms with Crippen LogP contribution in [0.1, 0.15) is 18.7 Å². The Balaban J connectivity index is 1.69. The second-order valence-electron chi connectivity index (χ2n) is 7.35. The fraction of sp³-hybridized carbons (Fsp3) is 0.250. The van der Waals surface area contributed by atoms with E-state index in [4.69, 9.17) is 13.9 Å². The molecule has 1 atom stereocenters. The molecule has 1 aliphatic heterocycles. The number of para-hydroxylation sites is 1. The third-order valence-electron chi connectivity index (χ3n) is 5.20. The molecule has 0 spiro atoms. The monoisotopic (exact) mass is 495 g/mol. The van der Waals surface area contributed by atoms with E-state index in [1.807, 2.05) is 28.8 Å². The first-order valence-corrected chi connectivity index (χ1v) is 11.9. The van der Waals surface area contributed by atoms with Crippen LogP contribution in [0.3, 0.4) is 0 Å². The van der Waals surface area contributed by atoms with Gasteiger partial charge in [0, 0.05) is 18.0 Å². The third kappa shape index (κ3) is 5.09. The summed E-state index contributed by atoms with van der Waals surface area (Å²) >= 11 is 1.33. The second kappa shape index (κ2) is 11.0. The lowest BCUT2D eigenvalue weighted by Gasteiger charge is -2.27. The smallest absolute Gasteiger partial charge is 0.338 e. The molecule has 182 valence electrons. The van der Waals surface area contributed by atoms with Crippen LogP contribution in [-0.4, -0.2) is 46.2 Å². The SMILES string of the molecule is C=CCn1c(SCC2=C(C(=O)OCC)C(c3ccco3)NC(=O)N2)nnc1-c1ccccc1OC. The van der Waals surface area contributed by atoms with Crippen molar-refractivity contribution >= 4 is 23.8 Å². The van der Waals surface area contributed by atoms with Gasteiger partial charge in [0.25, 0.3) is 0 Å². The molecule has 1 unspecified atom stereocenters. The topological polar surface area (TPSA) is 121 Å². The summed E-state index contributed by atoms with van der Waals surface area (Å²) in [4.78, 5) is 25.3. The van der Waals surface area contributed by atoms with Gasteiger partial charge in [0.1, 0.15) is 17.6 Å². The number of methoxy groups -OCH3 is 1. The first-order chi connectivity index (χ1) is 17.1. The Morgan fingerprint density at radius 3 is 2.83 bits per heavy atom. The maximum Gasteiger partial charge on any atom is 0.338 e. The highest BCUT2D eigenvalue weighted by molar-refractivity contribution is 7.99. The number of hydrogen-bond donors (Lipinski definition) is 2. The van der Waals surface area contributed by atoms with Crippen molar-refractivity contribution in [3.8, 4) is 17.1 Å². The number of amides is 2. The molecule has 2 aromatic heterocycles. The number of aromatic nitrogens is 3. The molecule has 0 fully saturated rings. The van der Waals surface area contributed by atoms with Crippen molar-refractivity contribution in [2.45, 2.75) is 24.7 Å². The maximum atomic E-state index is 12.9. The number of rotatable bonds is 10. The van der Waals surface area contributed by atoms with Crippen molar-refractivity contribution in [3.05, 3.63) is 72.3 Å². The third-order valence-corrected chi connectivity index (χ3v) is 6.19. The molecule has 1 aromatic carbocycles. The minimum atomic E-state index is -0.774. The van der Waals surface area contributed by atoms with Gasteiger partial charge >= 0.3 is 12.0 Å². The van der Waals surface area contributed by atoms with Crippen molar-refractivity contribution < 1.29 is 23.5 Å². The molecule has 2 N–H and O–H groups in total. The summed E-state index contributed by atoms with van der Waals surface area (Å²) in [7, 11) is 1.60. The van der Waals surface area contributed by atoms with E-state index < -0.39 is 18.0 Å².